The lowest BCUT2D eigenvalue weighted by molar-refractivity contribution is 0.183. The van der Waals surface area contributed by atoms with Gasteiger partial charge in [0, 0.05) is 13.1 Å². The van der Waals surface area contributed by atoms with Crippen molar-refractivity contribution in [1.29, 1.82) is 0 Å². The third-order valence-corrected chi connectivity index (χ3v) is 3.14. The summed E-state index contributed by atoms with van der Waals surface area (Å²) in [5.74, 6) is 0.673. The lowest BCUT2D eigenvalue weighted by atomic mass is 9.93. The van der Waals surface area contributed by atoms with Gasteiger partial charge in [-0.05, 0) is 38.1 Å². The Bertz CT molecular complexity index is 187. The maximum absolute atomic E-state index is 11.0. The first-order valence-corrected chi connectivity index (χ1v) is 5.86. The maximum atomic E-state index is 11.0. The van der Waals surface area contributed by atoms with Crippen LogP contribution in [0.5, 0.6) is 0 Å². The lowest BCUT2D eigenvalue weighted by Crippen LogP contribution is -2.37. The number of carbonyl (C=O) groups is 1. The van der Waals surface area contributed by atoms with Gasteiger partial charge in [-0.15, -0.1) is 0 Å². The van der Waals surface area contributed by atoms with E-state index in [0.717, 1.165) is 32.5 Å². The fourth-order valence-corrected chi connectivity index (χ4v) is 2.23. The van der Waals surface area contributed by atoms with E-state index in [4.69, 9.17) is 5.73 Å². The molecule has 0 radical (unpaired) electrons. The maximum Gasteiger partial charge on any atom is 0.278 e. The van der Waals surface area contributed by atoms with Gasteiger partial charge < -0.3 is 10.6 Å². The molecule has 0 aromatic heterocycles. The van der Waals surface area contributed by atoms with Gasteiger partial charge in [-0.3, -0.25) is 4.79 Å². The summed E-state index contributed by atoms with van der Waals surface area (Å²) in [6.45, 7) is 2.56. The predicted molar refractivity (Wildman–Crippen MR) is 61.6 cm³/mol. The first kappa shape index (κ1) is 11.9. The fourth-order valence-electron chi connectivity index (χ4n) is 2.05. The number of amides is 1. The first-order valence-electron chi connectivity index (χ1n) is 5.42. The van der Waals surface area contributed by atoms with Crippen LogP contribution < -0.4 is 5.73 Å². The summed E-state index contributed by atoms with van der Waals surface area (Å²) in [4.78, 5) is 12.9. The van der Waals surface area contributed by atoms with Crippen LogP contribution in [0.3, 0.4) is 0 Å². The van der Waals surface area contributed by atoms with E-state index in [1.807, 2.05) is 4.90 Å². The van der Waals surface area contributed by atoms with Crippen molar-refractivity contribution in [3.63, 3.8) is 0 Å². The SMILES string of the molecule is NCCCCC1CCCN(C(=O)S)C1. The fraction of sp³-hybridized carbons (Fsp3) is 0.900. The van der Waals surface area contributed by atoms with Crippen molar-refractivity contribution in [3.8, 4) is 0 Å². The van der Waals surface area contributed by atoms with Gasteiger partial charge in [-0.25, -0.2) is 0 Å². The molecule has 1 saturated heterocycles. The molecular weight excluding hydrogens is 196 g/mol. The molecule has 0 aromatic carbocycles. The summed E-state index contributed by atoms with van der Waals surface area (Å²) in [6, 6.07) is 0. The highest BCUT2D eigenvalue weighted by Gasteiger charge is 2.21. The summed E-state index contributed by atoms with van der Waals surface area (Å²) in [7, 11) is 0. The van der Waals surface area contributed by atoms with Crippen LogP contribution in [0.1, 0.15) is 32.1 Å². The van der Waals surface area contributed by atoms with Crippen LogP contribution in [0.2, 0.25) is 0 Å². The Morgan fingerprint density at radius 2 is 2.29 bits per heavy atom. The molecule has 1 fully saturated rings. The first-order chi connectivity index (χ1) is 6.74. The molecule has 1 rings (SSSR count). The highest BCUT2D eigenvalue weighted by Crippen LogP contribution is 2.22. The zero-order valence-electron chi connectivity index (χ0n) is 8.61. The van der Waals surface area contributed by atoms with E-state index >= 15 is 0 Å². The lowest BCUT2D eigenvalue weighted by Gasteiger charge is -2.31. The molecule has 0 aliphatic carbocycles. The van der Waals surface area contributed by atoms with E-state index in [0.29, 0.717) is 5.92 Å². The van der Waals surface area contributed by atoms with Crippen LogP contribution in [0.15, 0.2) is 0 Å². The van der Waals surface area contributed by atoms with Gasteiger partial charge >= 0.3 is 0 Å². The van der Waals surface area contributed by atoms with Crippen LogP contribution in [0, 0.1) is 5.92 Å². The van der Waals surface area contributed by atoms with Gasteiger partial charge in [0.25, 0.3) is 5.24 Å². The molecule has 14 heavy (non-hydrogen) atoms. The number of nitrogens with zero attached hydrogens (tertiary/aromatic N) is 1. The van der Waals surface area contributed by atoms with Gasteiger partial charge in [0.05, 0.1) is 0 Å². The largest absolute Gasteiger partial charge is 0.334 e. The third-order valence-electron chi connectivity index (χ3n) is 2.86. The summed E-state index contributed by atoms with van der Waals surface area (Å²) in [5.41, 5.74) is 5.44. The molecule has 1 unspecified atom stereocenters. The Kier molecular flexibility index (Phi) is 5.33. The van der Waals surface area contributed by atoms with Gasteiger partial charge in [0.1, 0.15) is 0 Å². The van der Waals surface area contributed by atoms with Gasteiger partial charge in [-0.1, -0.05) is 19.0 Å². The number of rotatable bonds is 4. The summed E-state index contributed by atoms with van der Waals surface area (Å²) < 4.78 is 0. The van der Waals surface area contributed by atoms with Crippen LogP contribution in [0.25, 0.3) is 0 Å². The Hall–Kier alpha value is -0.220. The van der Waals surface area contributed by atoms with Crippen LogP contribution >= 0.6 is 12.6 Å². The smallest absolute Gasteiger partial charge is 0.278 e. The average molecular weight is 216 g/mol. The number of likely N-dealkylation sites (tertiary alicyclic amines) is 1. The number of piperidine rings is 1. The standard InChI is InChI=1S/C10H20N2OS/c11-6-2-1-4-9-5-3-7-12(8-9)10(13)14/h9H,1-8,11H2,(H,13,14). The number of nitrogens with two attached hydrogens (primary N) is 1. The molecular formula is C10H20N2OS. The minimum Gasteiger partial charge on any atom is -0.334 e. The van der Waals surface area contributed by atoms with E-state index in [9.17, 15) is 4.79 Å². The molecule has 0 saturated carbocycles. The van der Waals surface area contributed by atoms with E-state index in [1.54, 1.807) is 0 Å². The highest BCUT2D eigenvalue weighted by molar-refractivity contribution is 7.96. The molecule has 4 heteroatoms. The van der Waals surface area contributed by atoms with Crippen LogP contribution in [-0.2, 0) is 0 Å². The number of unbranched alkanes of at least 4 members (excludes halogenated alkanes) is 1. The van der Waals surface area contributed by atoms with E-state index in [2.05, 4.69) is 12.6 Å². The summed E-state index contributed by atoms with van der Waals surface area (Å²) >= 11 is 3.86. The number of carbonyl (C=O) groups excluding carboxylic acids is 1. The van der Waals surface area contributed by atoms with Crippen molar-refractivity contribution in [2.45, 2.75) is 32.1 Å². The Balaban J connectivity index is 2.22. The second-order valence-corrected chi connectivity index (χ2v) is 4.40. The monoisotopic (exact) mass is 216 g/mol. The molecule has 1 aliphatic heterocycles. The minimum atomic E-state index is -0.0754. The highest BCUT2D eigenvalue weighted by atomic mass is 32.1. The topological polar surface area (TPSA) is 46.3 Å². The Labute approximate surface area is 91.4 Å². The van der Waals surface area contributed by atoms with Crippen molar-refractivity contribution in [2.75, 3.05) is 19.6 Å². The Morgan fingerprint density at radius 3 is 2.93 bits per heavy atom. The number of thiol groups is 1. The zero-order valence-corrected chi connectivity index (χ0v) is 9.51. The molecule has 2 N–H and O–H groups in total. The van der Waals surface area contributed by atoms with Gasteiger partial charge in [0.2, 0.25) is 0 Å². The molecule has 1 amide bonds. The normalized spacial score (nSPS) is 22.4. The third kappa shape index (κ3) is 3.88. The molecule has 1 aliphatic rings. The molecule has 3 nitrogen and oxygen atoms in total. The molecule has 1 atom stereocenters. The molecule has 0 bridgehead atoms. The van der Waals surface area contributed by atoms with Crippen LogP contribution in [-0.4, -0.2) is 29.8 Å². The van der Waals surface area contributed by atoms with Crippen molar-refractivity contribution in [3.05, 3.63) is 0 Å². The Morgan fingerprint density at radius 1 is 1.50 bits per heavy atom. The zero-order chi connectivity index (χ0) is 10.4. The van der Waals surface area contributed by atoms with Gasteiger partial charge in [0.15, 0.2) is 0 Å². The molecule has 0 spiro atoms. The summed E-state index contributed by atoms with van der Waals surface area (Å²) in [6.07, 6.45) is 5.87. The predicted octanol–water partition coefficient (Wildman–Crippen LogP) is 1.88. The van der Waals surface area contributed by atoms with Gasteiger partial charge in [-0.2, -0.15) is 0 Å². The summed E-state index contributed by atoms with van der Waals surface area (Å²) in [5, 5.41) is -0.0754. The van der Waals surface area contributed by atoms with Crippen molar-refractivity contribution >= 4 is 17.9 Å². The molecule has 82 valence electrons. The second-order valence-electron chi connectivity index (χ2n) is 4.02. The van der Waals surface area contributed by atoms with Crippen molar-refractivity contribution in [2.24, 2.45) is 11.7 Å². The van der Waals surface area contributed by atoms with E-state index in [1.165, 1.54) is 19.3 Å². The minimum absolute atomic E-state index is 0.0754. The van der Waals surface area contributed by atoms with Crippen molar-refractivity contribution in [1.82, 2.24) is 4.90 Å². The second kappa shape index (κ2) is 6.30. The van der Waals surface area contributed by atoms with E-state index < -0.39 is 0 Å². The van der Waals surface area contributed by atoms with Crippen molar-refractivity contribution < 1.29 is 4.79 Å². The molecule has 1 heterocycles. The van der Waals surface area contributed by atoms with E-state index in [-0.39, 0.29) is 5.24 Å². The quantitative estimate of drug-likeness (QED) is 0.557. The number of hydrogen-bond acceptors (Lipinski definition) is 2. The van der Waals surface area contributed by atoms with Crippen LogP contribution in [0.4, 0.5) is 4.79 Å². The number of hydrogen-bond donors (Lipinski definition) is 2. The molecule has 0 aromatic rings. The average Bonchev–Trinajstić information content (AvgIpc) is 2.19.